The molecule has 86 valence electrons. The first-order chi connectivity index (χ1) is 7.58. The zero-order valence-corrected chi connectivity index (χ0v) is 12.5. The van der Waals surface area contributed by atoms with Crippen molar-refractivity contribution in [2.24, 2.45) is 0 Å². The average molecular weight is 445 g/mol. The van der Waals surface area contributed by atoms with Gasteiger partial charge in [-0.2, -0.15) is 0 Å². The van der Waals surface area contributed by atoms with E-state index in [-0.39, 0.29) is 11.8 Å². The maximum atomic E-state index is 11.1. The summed E-state index contributed by atoms with van der Waals surface area (Å²) in [6.45, 7) is 0.387. The van der Waals surface area contributed by atoms with Gasteiger partial charge in [-0.3, -0.25) is 0 Å². The summed E-state index contributed by atoms with van der Waals surface area (Å²) in [6.07, 6.45) is 0.250. The molecular weight excluding hydrogens is 436 g/mol. The van der Waals surface area contributed by atoms with Crippen LogP contribution in [0.15, 0.2) is 12.1 Å². The van der Waals surface area contributed by atoms with Gasteiger partial charge in [0.1, 0.15) is 5.75 Å². The normalized spacial score (nSPS) is 20.1. The number of alkyl carbamates (subject to hydrolysis) is 1. The van der Waals surface area contributed by atoms with Crippen LogP contribution in [0.2, 0.25) is 0 Å². The molecule has 0 saturated carbocycles. The van der Waals surface area contributed by atoms with E-state index >= 15 is 0 Å². The molecule has 0 aliphatic carbocycles. The third-order valence-corrected chi connectivity index (χ3v) is 3.81. The summed E-state index contributed by atoms with van der Waals surface area (Å²) in [5.41, 5.74) is 0.757. The molecule has 1 atom stereocenters. The molecule has 4 nitrogen and oxygen atoms in total. The number of hydrogen-bond acceptors (Lipinski definition) is 3. The summed E-state index contributed by atoms with van der Waals surface area (Å²) in [6, 6.07) is 3.61. The van der Waals surface area contributed by atoms with Crippen LogP contribution in [-0.2, 0) is 4.74 Å². The standard InChI is InChI=1S/C10H9I2NO3/c11-5-3-6(9(14)7(12)4-5)8-1-2-16-10(15)13-8/h3-4,8,14H,1-2H2,(H,13,15)/t8-/m1/s1. The number of phenolic OH excluding ortho intramolecular Hbond substituents is 1. The van der Waals surface area contributed by atoms with E-state index in [4.69, 9.17) is 4.74 Å². The molecule has 1 aliphatic heterocycles. The molecule has 16 heavy (non-hydrogen) atoms. The molecule has 0 bridgehead atoms. The summed E-state index contributed by atoms with van der Waals surface area (Å²) in [5, 5.41) is 12.7. The van der Waals surface area contributed by atoms with Crippen LogP contribution in [0, 0.1) is 7.14 Å². The third-order valence-electron chi connectivity index (χ3n) is 2.36. The Labute approximate surface area is 120 Å². The number of aromatic hydroxyl groups is 1. The third kappa shape index (κ3) is 2.53. The average Bonchev–Trinajstić information content (AvgIpc) is 2.23. The lowest BCUT2D eigenvalue weighted by atomic mass is 10.0. The fraction of sp³-hybridized carbons (Fsp3) is 0.300. The minimum Gasteiger partial charge on any atom is -0.506 e. The van der Waals surface area contributed by atoms with Crippen molar-refractivity contribution in [3.63, 3.8) is 0 Å². The Morgan fingerprint density at radius 2 is 2.19 bits per heavy atom. The van der Waals surface area contributed by atoms with E-state index < -0.39 is 6.09 Å². The van der Waals surface area contributed by atoms with Crippen molar-refractivity contribution in [2.45, 2.75) is 12.5 Å². The molecule has 0 radical (unpaired) electrons. The van der Waals surface area contributed by atoms with Crippen LogP contribution in [0.5, 0.6) is 5.75 Å². The van der Waals surface area contributed by atoms with Gasteiger partial charge in [0.05, 0.1) is 16.2 Å². The first kappa shape index (κ1) is 12.2. The Bertz CT molecular complexity index is 436. The largest absolute Gasteiger partial charge is 0.506 e. The van der Waals surface area contributed by atoms with Crippen LogP contribution >= 0.6 is 45.2 Å². The minimum absolute atomic E-state index is 0.163. The molecule has 1 fully saturated rings. The number of rotatable bonds is 1. The number of halogens is 2. The summed E-state index contributed by atoms with van der Waals surface area (Å²) in [4.78, 5) is 11.1. The lowest BCUT2D eigenvalue weighted by Crippen LogP contribution is -2.35. The maximum Gasteiger partial charge on any atom is 0.407 e. The fourth-order valence-corrected chi connectivity index (χ4v) is 3.50. The quantitative estimate of drug-likeness (QED) is 0.655. The molecule has 6 heteroatoms. The van der Waals surface area contributed by atoms with Crippen LogP contribution in [0.4, 0.5) is 4.79 Å². The smallest absolute Gasteiger partial charge is 0.407 e. The van der Waals surface area contributed by atoms with Gasteiger partial charge < -0.3 is 15.2 Å². The van der Waals surface area contributed by atoms with Gasteiger partial charge in [-0.15, -0.1) is 0 Å². The Balaban J connectivity index is 2.35. The molecule has 1 heterocycles. The number of benzene rings is 1. The van der Waals surface area contributed by atoms with Gasteiger partial charge in [0.2, 0.25) is 0 Å². The molecule has 2 N–H and O–H groups in total. The number of carbonyl (C=O) groups excluding carboxylic acids is 1. The summed E-state index contributed by atoms with van der Waals surface area (Å²) in [7, 11) is 0. The monoisotopic (exact) mass is 445 g/mol. The van der Waals surface area contributed by atoms with E-state index in [9.17, 15) is 9.90 Å². The molecular formula is C10H9I2NO3. The van der Waals surface area contributed by atoms with Crippen LogP contribution in [0.25, 0.3) is 0 Å². The highest BCUT2D eigenvalue weighted by Crippen LogP contribution is 2.33. The molecule has 1 aromatic rings. The van der Waals surface area contributed by atoms with Crippen LogP contribution in [0.3, 0.4) is 0 Å². The highest BCUT2D eigenvalue weighted by Gasteiger charge is 2.24. The van der Waals surface area contributed by atoms with Gasteiger partial charge in [0, 0.05) is 15.6 Å². The Kier molecular flexibility index (Phi) is 3.77. The van der Waals surface area contributed by atoms with Gasteiger partial charge >= 0.3 is 6.09 Å². The molecule has 0 unspecified atom stereocenters. The zero-order chi connectivity index (χ0) is 11.7. The highest BCUT2D eigenvalue weighted by atomic mass is 127. The second-order valence-electron chi connectivity index (χ2n) is 3.45. The molecule has 1 saturated heterocycles. The molecule has 0 aromatic heterocycles. The Morgan fingerprint density at radius 3 is 2.88 bits per heavy atom. The van der Waals surface area contributed by atoms with Crippen LogP contribution < -0.4 is 5.32 Å². The number of amides is 1. The first-order valence-electron chi connectivity index (χ1n) is 4.69. The van der Waals surface area contributed by atoms with Crippen molar-refractivity contribution in [1.82, 2.24) is 5.32 Å². The number of cyclic esters (lactones) is 1. The zero-order valence-electron chi connectivity index (χ0n) is 8.17. The number of nitrogens with one attached hydrogen (secondary N) is 1. The SMILES string of the molecule is O=C1N[C@@H](c2cc(I)cc(I)c2O)CCO1. The van der Waals surface area contributed by atoms with E-state index in [0.29, 0.717) is 13.0 Å². The minimum atomic E-state index is -0.426. The van der Waals surface area contributed by atoms with Crippen LogP contribution in [0.1, 0.15) is 18.0 Å². The lowest BCUT2D eigenvalue weighted by molar-refractivity contribution is 0.115. The predicted molar refractivity (Wildman–Crippen MR) is 75.4 cm³/mol. The molecule has 0 spiro atoms. The van der Waals surface area contributed by atoms with Gasteiger partial charge in [-0.25, -0.2) is 4.79 Å². The predicted octanol–water partition coefficient (Wildman–Crippen LogP) is 2.77. The van der Waals surface area contributed by atoms with Crippen molar-refractivity contribution in [2.75, 3.05) is 6.61 Å². The molecule has 2 rings (SSSR count). The lowest BCUT2D eigenvalue weighted by Gasteiger charge is -2.24. The van der Waals surface area contributed by atoms with Gasteiger partial charge in [-0.1, -0.05) is 0 Å². The van der Waals surface area contributed by atoms with E-state index in [0.717, 1.165) is 12.7 Å². The molecule has 1 aliphatic rings. The van der Waals surface area contributed by atoms with Gasteiger partial charge in [0.25, 0.3) is 0 Å². The van der Waals surface area contributed by atoms with Crippen molar-refractivity contribution < 1.29 is 14.6 Å². The van der Waals surface area contributed by atoms with E-state index in [1.54, 1.807) is 0 Å². The van der Waals surface area contributed by atoms with Gasteiger partial charge in [-0.05, 0) is 57.3 Å². The summed E-state index contributed by atoms with van der Waals surface area (Å²) >= 11 is 4.27. The van der Waals surface area contributed by atoms with E-state index in [1.165, 1.54) is 0 Å². The second-order valence-corrected chi connectivity index (χ2v) is 5.85. The van der Waals surface area contributed by atoms with E-state index in [1.807, 2.05) is 12.1 Å². The van der Waals surface area contributed by atoms with Crippen molar-refractivity contribution in [1.29, 1.82) is 0 Å². The molecule has 1 aromatic carbocycles. The maximum absolute atomic E-state index is 11.1. The Morgan fingerprint density at radius 1 is 1.44 bits per heavy atom. The second kappa shape index (κ2) is 4.94. The number of hydrogen-bond donors (Lipinski definition) is 2. The highest BCUT2D eigenvalue weighted by molar-refractivity contribution is 14.1. The Hall–Kier alpha value is -0.250. The number of phenols is 1. The van der Waals surface area contributed by atoms with Crippen LogP contribution in [-0.4, -0.2) is 17.8 Å². The van der Waals surface area contributed by atoms with E-state index in [2.05, 4.69) is 50.5 Å². The first-order valence-corrected chi connectivity index (χ1v) is 6.85. The number of carbonyl (C=O) groups is 1. The van der Waals surface area contributed by atoms with Gasteiger partial charge in [0.15, 0.2) is 0 Å². The van der Waals surface area contributed by atoms with Crippen molar-refractivity contribution in [3.8, 4) is 5.75 Å². The molecule has 1 amide bonds. The van der Waals surface area contributed by atoms with Crippen molar-refractivity contribution in [3.05, 3.63) is 24.8 Å². The number of ether oxygens (including phenoxy) is 1. The summed E-state index contributed by atoms with van der Waals surface area (Å²) < 4.78 is 6.62. The van der Waals surface area contributed by atoms with Crippen molar-refractivity contribution >= 4 is 51.3 Å². The summed E-state index contributed by atoms with van der Waals surface area (Å²) in [5.74, 6) is 0.244. The topological polar surface area (TPSA) is 58.6 Å². The fourth-order valence-electron chi connectivity index (χ4n) is 1.61.